The van der Waals surface area contributed by atoms with Crippen LogP contribution in [0.1, 0.15) is 23.3 Å². The maximum Gasteiger partial charge on any atom is 0.232 e. The van der Waals surface area contributed by atoms with Crippen molar-refractivity contribution in [1.29, 1.82) is 0 Å². The van der Waals surface area contributed by atoms with E-state index >= 15 is 0 Å². The topological polar surface area (TPSA) is 59.5 Å². The average molecular weight is 269 g/mol. The van der Waals surface area contributed by atoms with Gasteiger partial charge in [-0.05, 0) is 19.1 Å². The molecule has 4 rings (SSSR count). The van der Waals surface area contributed by atoms with Crippen LogP contribution in [0.15, 0.2) is 35.1 Å². The molecule has 0 aliphatic carbocycles. The van der Waals surface area contributed by atoms with Crippen molar-refractivity contribution < 1.29 is 4.52 Å². The number of aryl methyl sites for hydroxylation is 1. The molecule has 102 valence electrons. The molecular formula is C14H15N5O. The van der Waals surface area contributed by atoms with Gasteiger partial charge in [-0.2, -0.15) is 4.98 Å². The summed E-state index contributed by atoms with van der Waals surface area (Å²) in [7, 11) is 0. The molecule has 0 unspecified atom stereocenters. The molecule has 3 aromatic heterocycles. The quantitative estimate of drug-likeness (QED) is 0.723. The van der Waals surface area contributed by atoms with Gasteiger partial charge >= 0.3 is 0 Å². The van der Waals surface area contributed by atoms with Gasteiger partial charge in [0, 0.05) is 32.0 Å². The minimum atomic E-state index is 0.369. The summed E-state index contributed by atoms with van der Waals surface area (Å²) in [5, 5.41) is 3.84. The third-order valence-corrected chi connectivity index (χ3v) is 3.65. The van der Waals surface area contributed by atoms with Crippen LogP contribution in [0.5, 0.6) is 0 Å². The molecule has 20 heavy (non-hydrogen) atoms. The number of hydrogen-bond acceptors (Lipinski definition) is 5. The summed E-state index contributed by atoms with van der Waals surface area (Å²) < 4.78 is 7.26. The molecule has 0 N–H and O–H groups in total. The Labute approximate surface area is 116 Å². The molecule has 0 radical (unpaired) electrons. The highest BCUT2D eigenvalue weighted by Gasteiger charge is 2.32. The summed E-state index contributed by atoms with van der Waals surface area (Å²) in [6, 6.07) is 6.03. The molecule has 0 bridgehead atoms. The second kappa shape index (κ2) is 4.42. The van der Waals surface area contributed by atoms with Crippen LogP contribution in [0.3, 0.4) is 0 Å². The minimum Gasteiger partial charge on any atom is -0.339 e. The molecule has 0 spiro atoms. The van der Waals surface area contributed by atoms with E-state index in [4.69, 9.17) is 4.52 Å². The fraction of sp³-hybridized carbons (Fsp3) is 0.357. The Morgan fingerprint density at radius 1 is 1.30 bits per heavy atom. The van der Waals surface area contributed by atoms with E-state index < -0.39 is 0 Å². The number of imidazole rings is 1. The fourth-order valence-electron chi connectivity index (χ4n) is 2.63. The number of pyridine rings is 1. The lowest BCUT2D eigenvalue weighted by Crippen LogP contribution is -2.44. The number of fused-ring (bicyclic) bond motifs is 1. The predicted octanol–water partition coefficient (Wildman–Crippen LogP) is 1.63. The van der Waals surface area contributed by atoms with Gasteiger partial charge in [0.1, 0.15) is 5.65 Å². The second-order valence-corrected chi connectivity index (χ2v) is 5.27. The van der Waals surface area contributed by atoms with Crippen molar-refractivity contribution in [2.45, 2.75) is 19.4 Å². The number of hydrogen-bond donors (Lipinski definition) is 0. The molecule has 1 fully saturated rings. The van der Waals surface area contributed by atoms with Gasteiger partial charge in [-0.1, -0.05) is 11.2 Å². The molecule has 3 aromatic rings. The first kappa shape index (κ1) is 11.6. The predicted molar refractivity (Wildman–Crippen MR) is 72.2 cm³/mol. The third-order valence-electron chi connectivity index (χ3n) is 3.65. The molecule has 4 heterocycles. The lowest BCUT2D eigenvalue weighted by atomic mass is 10.00. The van der Waals surface area contributed by atoms with Gasteiger partial charge in [-0.15, -0.1) is 0 Å². The van der Waals surface area contributed by atoms with Gasteiger partial charge < -0.3 is 8.92 Å². The van der Waals surface area contributed by atoms with Gasteiger partial charge in [0.15, 0.2) is 5.82 Å². The van der Waals surface area contributed by atoms with Crippen LogP contribution in [0.4, 0.5) is 0 Å². The van der Waals surface area contributed by atoms with Crippen molar-refractivity contribution in [3.8, 4) is 0 Å². The lowest BCUT2D eigenvalue weighted by molar-refractivity contribution is 0.116. The molecular weight excluding hydrogens is 254 g/mol. The molecule has 6 nitrogen and oxygen atoms in total. The Hall–Kier alpha value is -2.21. The smallest absolute Gasteiger partial charge is 0.232 e. The largest absolute Gasteiger partial charge is 0.339 e. The second-order valence-electron chi connectivity index (χ2n) is 5.27. The molecule has 0 aromatic carbocycles. The maximum absolute atomic E-state index is 5.21. The summed E-state index contributed by atoms with van der Waals surface area (Å²) in [5.41, 5.74) is 2.09. The van der Waals surface area contributed by atoms with Crippen LogP contribution in [0.2, 0.25) is 0 Å². The van der Waals surface area contributed by atoms with Crippen molar-refractivity contribution in [2.75, 3.05) is 13.1 Å². The fourth-order valence-corrected chi connectivity index (χ4v) is 2.63. The summed E-state index contributed by atoms with van der Waals surface area (Å²) in [6.07, 6.45) is 4.10. The maximum atomic E-state index is 5.21. The summed E-state index contributed by atoms with van der Waals surface area (Å²) in [4.78, 5) is 11.2. The van der Waals surface area contributed by atoms with Gasteiger partial charge in [0.2, 0.25) is 5.89 Å². The summed E-state index contributed by atoms with van der Waals surface area (Å²) in [6.45, 7) is 4.62. The van der Waals surface area contributed by atoms with Gasteiger partial charge in [-0.3, -0.25) is 4.90 Å². The third kappa shape index (κ3) is 1.98. The molecule has 1 aliphatic heterocycles. The zero-order valence-corrected chi connectivity index (χ0v) is 11.2. The van der Waals surface area contributed by atoms with Crippen LogP contribution in [0.25, 0.3) is 5.65 Å². The number of likely N-dealkylation sites (tertiary alicyclic amines) is 1. The van der Waals surface area contributed by atoms with Crippen molar-refractivity contribution in [3.05, 3.63) is 48.0 Å². The Morgan fingerprint density at radius 3 is 2.95 bits per heavy atom. The first-order valence-electron chi connectivity index (χ1n) is 6.73. The van der Waals surface area contributed by atoms with E-state index in [0.29, 0.717) is 11.7 Å². The molecule has 0 atom stereocenters. The van der Waals surface area contributed by atoms with E-state index in [1.807, 2.05) is 35.7 Å². The Morgan fingerprint density at radius 2 is 2.20 bits per heavy atom. The average Bonchev–Trinajstić information content (AvgIpc) is 2.98. The molecule has 1 aliphatic rings. The van der Waals surface area contributed by atoms with E-state index in [9.17, 15) is 0 Å². The number of nitrogens with zero attached hydrogens (tertiary/aromatic N) is 5. The Balaban J connectivity index is 1.41. The zero-order chi connectivity index (χ0) is 13.5. The van der Waals surface area contributed by atoms with Crippen molar-refractivity contribution in [3.63, 3.8) is 0 Å². The zero-order valence-electron chi connectivity index (χ0n) is 11.2. The van der Waals surface area contributed by atoms with Crippen LogP contribution in [0, 0.1) is 6.92 Å². The first-order chi connectivity index (χ1) is 9.78. The SMILES string of the molecule is Cc1noc(C2CN(Cc3cn4ccccc4n3)C2)n1. The lowest BCUT2D eigenvalue weighted by Gasteiger charge is -2.36. The highest BCUT2D eigenvalue weighted by atomic mass is 16.5. The van der Waals surface area contributed by atoms with Crippen molar-refractivity contribution >= 4 is 5.65 Å². The van der Waals surface area contributed by atoms with E-state index in [0.717, 1.165) is 36.9 Å². The first-order valence-corrected chi connectivity index (χ1v) is 6.73. The molecule has 6 heteroatoms. The monoisotopic (exact) mass is 269 g/mol. The minimum absolute atomic E-state index is 0.369. The highest BCUT2D eigenvalue weighted by molar-refractivity contribution is 5.39. The molecule has 1 saturated heterocycles. The Kier molecular flexibility index (Phi) is 2.56. The standard InChI is InChI=1S/C14H15N5O/c1-10-15-14(20-17-10)11-6-18(7-11)8-12-9-19-5-3-2-4-13(19)16-12/h2-5,9,11H,6-8H2,1H3. The van der Waals surface area contributed by atoms with Crippen LogP contribution >= 0.6 is 0 Å². The number of aromatic nitrogens is 4. The van der Waals surface area contributed by atoms with Crippen molar-refractivity contribution in [1.82, 2.24) is 24.4 Å². The molecule has 0 saturated carbocycles. The summed E-state index contributed by atoms with van der Waals surface area (Å²) >= 11 is 0. The van der Waals surface area contributed by atoms with Crippen molar-refractivity contribution in [2.24, 2.45) is 0 Å². The van der Waals surface area contributed by atoms with E-state index in [1.165, 1.54) is 0 Å². The molecule has 0 amide bonds. The normalized spacial score (nSPS) is 16.6. The summed E-state index contributed by atoms with van der Waals surface area (Å²) in [5.74, 6) is 1.83. The van der Waals surface area contributed by atoms with E-state index in [1.54, 1.807) is 0 Å². The van der Waals surface area contributed by atoms with E-state index in [2.05, 4.69) is 26.2 Å². The Bertz CT molecular complexity index is 708. The van der Waals surface area contributed by atoms with Gasteiger partial charge in [-0.25, -0.2) is 4.98 Å². The number of rotatable bonds is 3. The van der Waals surface area contributed by atoms with E-state index in [-0.39, 0.29) is 0 Å². The van der Waals surface area contributed by atoms with Crippen LogP contribution < -0.4 is 0 Å². The van der Waals surface area contributed by atoms with Gasteiger partial charge in [0.05, 0.1) is 11.6 Å². The van der Waals surface area contributed by atoms with Crippen LogP contribution in [-0.2, 0) is 6.54 Å². The van der Waals surface area contributed by atoms with Crippen LogP contribution in [-0.4, -0.2) is 37.5 Å². The van der Waals surface area contributed by atoms with Gasteiger partial charge in [0.25, 0.3) is 0 Å². The highest BCUT2D eigenvalue weighted by Crippen LogP contribution is 2.26.